The first kappa shape index (κ1) is 17.1. The topological polar surface area (TPSA) is 58.6 Å². The fourth-order valence-corrected chi connectivity index (χ4v) is 5.22. The van der Waals surface area contributed by atoms with Gasteiger partial charge in [0.15, 0.2) is 0 Å². The molecule has 2 heterocycles. The van der Waals surface area contributed by atoms with E-state index in [-0.39, 0.29) is 0 Å². The molecule has 1 N–H and O–H groups in total. The number of anilines is 2. The van der Waals surface area contributed by atoms with Crippen LogP contribution in [0.5, 0.6) is 5.75 Å². The Morgan fingerprint density at radius 3 is 2.50 bits per heavy atom. The van der Waals surface area contributed by atoms with Crippen LogP contribution >= 0.6 is 11.3 Å². The monoisotopic (exact) mass is 366 g/mol. The molecule has 3 rings (SSSR count). The van der Waals surface area contributed by atoms with Gasteiger partial charge in [0.1, 0.15) is 9.96 Å². The predicted octanol–water partition coefficient (Wildman–Crippen LogP) is 3.86. The lowest BCUT2D eigenvalue weighted by atomic mass is 10.1. The summed E-state index contributed by atoms with van der Waals surface area (Å²) in [6.07, 6.45) is 3.59. The highest BCUT2D eigenvalue weighted by Crippen LogP contribution is 2.33. The van der Waals surface area contributed by atoms with Crippen molar-refractivity contribution in [1.82, 2.24) is 0 Å². The second-order valence-electron chi connectivity index (χ2n) is 5.90. The molecule has 130 valence electrons. The van der Waals surface area contributed by atoms with Crippen LogP contribution < -0.4 is 14.4 Å². The number of thiophene rings is 1. The first-order valence-electron chi connectivity index (χ1n) is 8.02. The van der Waals surface area contributed by atoms with Gasteiger partial charge in [-0.15, -0.1) is 11.3 Å². The molecule has 1 aromatic heterocycles. The molecule has 0 bridgehead atoms. The Balaban J connectivity index is 1.90. The number of rotatable bonds is 5. The number of hydrogen-bond donors (Lipinski definition) is 1. The van der Waals surface area contributed by atoms with Crippen molar-refractivity contribution in [2.45, 2.75) is 30.4 Å². The van der Waals surface area contributed by atoms with Crippen molar-refractivity contribution in [1.29, 1.82) is 0 Å². The Morgan fingerprint density at radius 1 is 1.12 bits per heavy atom. The second-order valence-corrected chi connectivity index (χ2v) is 9.10. The molecular formula is C17H22N2O3S2. The van der Waals surface area contributed by atoms with E-state index in [2.05, 4.69) is 9.62 Å². The Kier molecular flexibility index (Phi) is 5.01. The van der Waals surface area contributed by atoms with E-state index < -0.39 is 10.0 Å². The van der Waals surface area contributed by atoms with Crippen LogP contribution in [0.25, 0.3) is 0 Å². The van der Waals surface area contributed by atoms with E-state index in [0.29, 0.717) is 15.6 Å². The zero-order chi connectivity index (χ0) is 17.2. The Bertz CT molecular complexity index is 809. The molecule has 1 aliphatic rings. The van der Waals surface area contributed by atoms with Gasteiger partial charge >= 0.3 is 0 Å². The van der Waals surface area contributed by atoms with E-state index in [4.69, 9.17) is 4.74 Å². The average Bonchev–Trinajstić information content (AvgIpc) is 3.03. The summed E-state index contributed by atoms with van der Waals surface area (Å²) in [4.78, 5) is 3.25. The molecule has 1 aromatic carbocycles. The smallest absolute Gasteiger partial charge is 0.271 e. The van der Waals surface area contributed by atoms with Gasteiger partial charge in [-0.25, -0.2) is 8.42 Å². The zero-order valence-electron chi connectivity index (χ0n) is 13.9. The molecule has 0 unspecified atom stereocenters. The van der Waals surface area contributed by atoms with Crippen molar-refractivity contribution in [2.24, 2.45) is 0 Å². The van der Waals surface area contributed by atoms with Crippen LogP contribution in [-0.2, 0) is 10.0 Å². The largest absolute Gasteiger partial charge is 0.495 e. The lowest BCUT2D eigenvalue weighted by Gasteiger charge is -2.29. The van der Waals surface area contributed by atoms with Gasteiger partial charge in [0.2, 0.25) is 0 Å². The maximum Gasteiger partial charge on any atom is 0.271 e. The minimum atomic E-state index is -3.60. The second kappa shape index (κ2) is 7.03. The first-order valence-corrected chi connectivity index (χ1v) is 10.3. The molecule has 0 saturated carbocycles. The highest BCUT2D eigenvalue weighted by molar-refractivity contribution is 7.94. The molecule has 0 radical (unpaired) electrons. The third kappa shape index (κ3) is 3.67. The quantitative estimate of drug-likeness (QED) is 0.873. The summed E-state index contributed by atoms with van der Waals surface area (Å²) in [7, 11) is -2.06. The predicted molar refractivity (Wildman–Crippen MR) is 98.9 cm³/mol. The summed E-state index contributed by atoms with van der Waals surface area (Å²) < 4.78 is 33.5. The Labute approximate surface area is 147 Å². The van der Waals surface area contributed by atoms with Gasteiger partial charge in [-0.3, -0.25) is 4.72 Å². The van der Waals surface area contributed by atoms with E-state index in [1.807, 2.05) is 25.1 Å². The van der Waals surface area contributed by atoms with Crippen molar-refractivity contribution in [3.8, 4) is 5.75 Å². The molecule has 0 atom stereocenters. The molecule has 0 spiro atoms. The van der Waals surface area contributed by atoms with Gasteiger partial charge in [-0.1, -0.05) is 0 Å². The summed E-state index contributed by atoms with van der Waals surface area (Å²) in [5.74, 6) is 0.521. The number of hydrogen-bond acceptors (Lipinski definition) is 5. The molecule has 1 fully saturated rings. The Morgan fingerprint density at radius 2 is 1.88 bits per heavy atom. The molecule has 5 nitrogen and oxygen atoms in total. The van der Waals surface area contributed by atoms with Gasteiger partial charge in [0.25, 0.3) is 10.0 Å². The number of nitrogens with one attached hydrogen (secondary N) is 1. The maximum absolute atomic E-state index is 12.6. The van der Waals surface area contributed by atoms with Gasteiger partial charge in [-0.05, 0) is 56.5 Å². The normalized spacial score (nSPS) is 15.3. The highest BCUT2D eigenvalue weighted by atomic mass is 32.2. The van der Waals surface area contributed by atoms with Crippen LogP contribution in [-0.4, -0.2) is 28.6 Å². The van der Waals surface area contributed by atoms with Crippen LogP contribution in [0.4, 0.5) is 11.4 Å². The van der Waals surface area contributed by atoms with E-state index in [1.54, 1.807) is 19.2 Å². The fraction of sp³-hybridized carbons (Fsp3) is 0.412. The van der Waals surface area contributed by atoms with E-state index >= 15 is 0 Å². The van der Waals surface area contributed by atoms with Gasteiger partial charge < -0.3 is 9.64 Å². The number of sulfonamides is 1. The molecule has 7 heteroatoms. The van der Waals surface area contributed by atoms with Crippen LogP contribution in [0.1, 0.15) is 24.1 Å². The van der Waals surface area contributed by atoms with Crippen LogP contribution in [0, 0.1) is 6.92 Å². The minimum Gasteiger partial charge on any atom is -0.495 e. The molecule has 0 aliphatic carbocycles. The van der Waals surface area contributed by atoms with Crippen molar-refractivity contribution < 1.29 is 13.2 Å². The molecule has 1 aliphatic heterocycles. The lowest BCUT2D eigenvalue weighted by Crippen LogP contribution is -2.29. The highest BCUT2D eigenvalue weighted by Gasteiger charge is 2.20. The van der Waals surface area contributed by atoms with Crippen LogP contribution in [0.2, 0.25) is 0 Å². The van der Waals surface area contributed by atoms with Crippen molar-refractivity contribution >= 4 is 32.7 Å². The van der Waals surface area contributed by atoms with Crippen LogP contribution in [0.3, 0.4) is 0 Å². The summed E-state index contributed by atoms with van der Waals surface area (Å²) in [6, 6.07) is 9.10. The van der Waals surface area contributed by atoms with Gasteiger partial charge in [0, 0.05) is 23.7 Å². The SMILES string of the molecule is COc1ccc(N2CCCCC2)cc1NS(=O)(=O)c1ccc(C)s1. The third-order valence-corrected chi connectivity index (χ3v) is 6.99. The third-order valence-electron chi connectivity index (χ3n) is 4.13. The van der Waals surface area contributed by atoms with Crippen LogP contribution in [0.15, 0.2) is 34.5 Å². The summed E-state index contributed by atoms with van der Waals surface area (Å²) in [6.45, 7) is 3.90. The van der Waals surface area contributed by atoms with Crippen molar-refractivity contribution in [3.05, 3.63) is 35.2 Å². The standard InChI is InChI=1S/C17H22N2O3S2/c1-13-6-9-17(23-13)24(20,21)18-15-12-14(7-8-16(15)22-2)19-10-4-3-5-11-19/h6-9,12,18H,3-5,10-11H2,1-2H3. The summed E-state index contributed by atoms with van der Waals surface area (Å²) >= 11 is 1.26. The summed E-state index contributed by atoms with van der Waals surface area (Å²) in [5.41, 5.74) is 1.50. The number of ether oxygens (including phenoxy) is 1. The van der Waals surface area contributed by atoms with Crippen molar-refractivity contribution in [2.75, 3.05) is 29.8 Å². The van der Waals surface area contributed by atoms with E-state index in [1.165, 1.54) is 30.6 Å². The average molecular weight is 367 g/mol. The molecule has 0 amide bonds. The number of piperidine rings is 1. The number of nitrogens with zero attached hydrogens (tertiary/aromatic N) is 1. The van der Waals surface area contributed by atoms with Crippen molar-refractivity contribution in [3.63, 3.8) is 0 Å². The number of aryl methyl sites for hydroxylation is 1. The molecular weight excluding hydrogens is 344 g/mol. The Hall–Kier alpha value is -1.73. The minimum absolute atomic E-state index is 0.311. The lowest BCUT2D eigenvalue weighted by molar-refractivity contribution is 0.417. The van der Waals surface area contributed by atoms with E-state index in [0.717, 1.165) is 23.7 Å². The van der Waals surface area contributed by atoms with Gasteiger partial charge in [0.05, 0.1) is 12.8 Å². The number of methoxy groups -OCH3 is 1. The fourth-order valence-electron chi connectivity index (χ4n) is 2.88. The number of benzene rings is 1. The summed E-state index contributed by atoms with van der Waals surface area (Å²) in [5, 5.41) is 0. The molecule has 24 heavy (non-hydrogen) atoms. The van der Waals surface area contributed by atoms with E-state index in [9.17, 15) is 8.42 Å². The molecule has 2 aromatic rings. The zero-order valence-corrected chi connectivity index (χ0v) is 15.5. The maximum atomic E-state index is 12.6. The first-order chi connectivity index (χ1) is 11.5. The van der Waals surface area contributed by atoms with Gasteiger partial charge in [-0.2, -0.15) is 0 Å². The molecule has 1 saturated heterocycles.